The zero-order valence-electron chi connectivity index (χ0n) is 13.3. The van der Waals surface area contributed by atoms with E-state index >= 15 is 0 Å². The molecule has 7 nitrogen and oxygen atoms in total. The summed E-state index contributed by atoms with van der Waals surface area (Å²) in [5.41, 5.74) is 0.284. The van der Waals surface area contributed by atoms with Crippen LogP contribution in [0.2, 0.25) is 10.0 Å². The molecule has 0 aliphatic rings. The molecule has 0 radical (unpaired) electrons. The van der Waals surface area contributed by atoms with Gasteiger partial charge in [0.15, 0.2) is 0 Å². The molecule has 24 heavy (non-hydrogen) atoms. The van der Waals surface area contributed by atoms with Crippen LogP contribution < -0.4 is 10.2 Å². The van der Waals surface area contributed by atoms with E-state index in [0.717, 1.165) is 12.8 Å². The first kappa shape index (κ1) is 18.2. The predicted octanol–water partition coefficient (Wildman–Crippen LogP) is 4.67. The van der Waals surface area contributed by atoms with Crippen LogP contribution in [0.1, 0.15) is 19.8 Å². The monoisotopic (exact) mass is 369 g/mol. The molecule has 1 N–H and O–H groups in total. The number of nitro groups is 1. The molecule has 2 rings (SSSR count). The molecule has 0 saturated carbocycles. The maximum absolute atomic E-state index is 11.6. The van der Waals surface area contributed by atoms with Gasteiger partial charge in [-0.15, -0.1) is 0 Å². The Bertz CT molecular complexity index is 742. The number of rotatable bonds is 7. The number of halogens is 2. The molecule has 1 aromatic heterocycles. The minimum absolute atomic E-state index is 0.0811. The maximum Gasteiger partial charge on any atom is 0.353 e. The molecule has 0 aliphatic heterocycles. The van der Waals surface area contributed by atoms with Gasteiger partial charge in [0.25, 0.3) is 0 Å². The van der Waals surface area contributed by atoms with E-state index in [-0.39, 0.29) is 17.3 Å². The minimum atomic E-state index is -0.496. The Morgan fingerprint density at radius 3 is 2.71 bits per heavy atom. The summed E-state index contributed by atoms with van der Waals surface area (Å²) in [6, 6.07) is 4.82. The van der Waals surface area contributed by atoms with Crippen LogP contribution >= 0.6 is 23.2 Å². The van der Waals surface area contributed by atoms with Crippen LogP contribution in [0.15, 0.2) is 24.5 Å². The van der Waals surface area contributed by atoms with E-state index in [1.54, 1.807) is 30.1 Å². The second-order valence-electron chi connectivity index (χ2n) is 5.18. The molecular formula is C15H17Cl2N5O2. The number of anilines is 3. The minimum Gasteiger partial charge on any atom is -0.354 e. The zero-order chi connectivity index (χ0) is 17.7. The third kappa shape index (κ3) is 4.24. The Balaban J connectivity index is 2.41. The molecule has 0 saturated heterocycles. The van der Waals surface area contributed by atoms with Crippen molar-refractivity contribution in [2.75, 3.05) is 23.8 Å². The molecule has 0 atom stereocenters. The molecule has 0 bridgehead atoms. The average molecular weight is 370 g/mol. The van der Waals surface area contributed by atoms with Crippen molar-refractivity contribution in [3.05, 3.63) is 44.7 Å². The molecule has 1 aromatic carbocycles. The molecule has 0 aliphatic carbocycles. The highest BCUT2D eigenvalue weighted by atomic mass is 35.5. The van der Waals surface area contributed by atoms with Crippen molar-refractivity contribution in [3.63, 3.8) is 0 Å². The summed E-state index contributed by atoms with van der Waals surface area (Å²) in [7, 11) is 1.77. The van der Waals surface area contributed by atoms with Gasteiger partial charge in [-0.3, -0.25) is 10.1 Å². The summed E-state index contributed by atoms with van der Waals surface area (Å²) in [5.74, 6) is 0.341. The van der Waals surface area contributed by atoms with Gasteiger partial charge in [-0.25, -0.2) is 9.97 Å². The van der Waals surface area contributed by atoms with Crippen molar-refractivity contribution in [3.8, 4) is 0 Å². The number of aromatic nitrogens is 2. The third-order valence-corrected chi connectivity index (χ3v) is 3.93. The zero-order valence-corrected chi connectivity index (χ0v) is 14.8. The summed E-state index contributed by atoms with van der Waals surface area (Å²) >= 11 is 12.0. The fourth-order valence-corrected chi connectivity index (χ4v) is 2.58. The second kappa shape index (κ2) is 8.12. The van der Waals surface area contributed by atoms with E-state index in [1.807, 2.05) is 0 Å². The van der Waals surface area contributed by atoms with E-state index in [2.05, 4.69) is 22.2 Å². The molecule has 9 heteroatoms. The van der Waals surface area contributed by atoms with Gasteiger partial charge in [0, 0.05) is 18.6 Å². The van der Waals surface area contributed by atoms with E-state index in [4.69, 9.17) is 23.2 Å². The van der Waals surface area contributed by atoms with Crippen molar-refractivity contribution < 1.29 is 4.92 Å². The number of nitrogens with zero attached hydrogens (tertiary/aromatic N) is 4. The van der Waals surface area contributed by atoms with E-state index < -0.39 is 4.92 Å². The highest BCUT2D eigenvalue weighted by molar-refractivity contribution is 6.36. The van der Waals surface area contributed by atoms with Crippen LogP contribution in [-0.4, -0.2) is 28.5 Å². The van der Waals surface area contributed by atoms with Gasteiger partial charge < -0.3 is 10.2 Å². The van der Waals surface area contributed by atoms with Crippen molar-refractivity contribution in [1.29, 1.82) is 0 Å². The number of unbranched alkanes of at least 4 members (excludes halogenated alkanes) is 1. The van der Waals surface area contributed by atoms with Crippen LogP contribution in [0.5, 0.6) is 0 Å². The topological polar surface area (TPSA) is 84.2 Å². The Hall–Kier alpha value is -2.12. The van der Waals surface area contributed by atoms with Crippen molar-refractivity contribution >= 4 is 46.2 Å². The molecule has 1 heterocycles. The lowest BCUT2D eigenvalue weighted by atomic mass is 10.3. The van der Waals surface area contributed by atoms with Crippen LogP contribution in [0.4, 0.5) is 23.0 Å². The SMILES string of the molecule is CCCCN(C)c1ncnc(Nc2ccc(Cl)cc2Cl)c1[N+](=O)[O-]. The van der Waals surface area contributed by atoms with Gasteiger partial charge in [0.2, 0.25) is 11.6 Å². The lowest BCUT2D eigenvalue weighted by molar-refractivity contribution is -0.383. The number of hydrogen-bond donors (Lipinski definition) is 1. The smallest absolute Gasteiger partial charge is 0.353 e. The third-order valence-electron chi connectivity index (χ3n) is 3.38. The molecule has 0 unspecified atom stereocenters. The standard InChI is InChI=1S/C15H17Cl2N5O2/c1-3-4-7-21(2)15-13(22(23)24)14(18-9-19-15)20-12-6-5-10(16)8-11(12)17/h5-6,8-9H,3-4,7H2,1-2H3,(H,18,19,20). The average Bonchev–Trinajstić information content (AvgIpc) is 2.54. The first-order valence-corrected chi connectivity index (χ1v) is 8.12. The van der Waals surface area contributed by atoms with Crippen molar-refractivity contribution in [2.45, 2.75) is 19.8 Å². The van der Waals surface area contributed by atoms with Gasteiger partial charge >= 0.3 is 5.69 Å². The Morgan fingerprint density at radius 1 is 1.33 bits per heavy atom. The Morgan fingerprint density at radius 2 is 2.08 bits per heavy atom. The number of nitrogens with one attached hydrogen (secondary N) is 1. The fraction of sp³-hybridized carbons (Fsp3) is 0.333. The molecule has 128 valence electrons. The predicted molar refractivity (Wildman–Crippen MR) is 96.6 cm³/mol. The summed E-state index contributed by atoms with van der Waals surface area (Å²) in [5, 5.41) is 15.3. The molecule has 0 fully saturated rings. The van der Waals surface area contributed by atoms with Gasteiger partial charge in [-0.1, -0.05) is 36.5 Å². The summed E-state index contributed by atoms with van der Waals surface area (Å²) in [6.07, 6.45) is 3.18. The largest absolute Gasteiger partial charge is 0.354 e. The highest BCUT2D eigenvalue weighted by Crippen LogP contribution is 2.35. The first-order valence-electron chi connectivity index (χ1n) is 7.36. The maximum atomic E-state index is 11.6. The number of hydrogen-bond acceptors (Lipinski definition) is 6. The highest BCUT2D eigenvalue weighted by Gasteiger charge is 2.25. The first-order chi connectivity index (χ1) is 11.4. The van der Waals surface area contributed by atoms with Crippen LogP contribution in [0.3, 0.4) is 0 Å². The fourth-order valence-electron chi connectivity index (χ4n) is 2.13. The Labute approximate surface area is 149 Å². The molecule has 2 aromatic rings. The van der Waals surface area contributed by atoms with Gasteiger partial charge in [-0.05, 0) is 24.6 Å². The summed E-state index contributed by atoms with van der Waals surface area (Å²) < 4.78 is 0. The van der Waals surface area contributed by atoms with Crippen molar-refractivity contribution in [2.24, 2.45) is 0 Å². The molecular weight excluding hydrogens is 353 g/mol. The quantitative estimate of drug-likeness (QED) is 0.563. The van der Waals surface area contributed by atoms with Crippen molar-refractivity contribution in [1.82, 2.24) is 9.97 Å². The lowest BCUT2D eigenvalue weighted by Gasteiger charge is -2.18. The van der Waals surface area contributed by atoms with Crippen LogP contribution in [0, 0.1) is 10.1 Å². The number of benzene rings is 1. The lowest BCUT2D eigenvalue weighted by Crippen LogP contribution is -2.21. The Kier molecular flexibility index (Phi) is 6.16. The second-order valence-corrected chi connectivity index (χ2v) is 6.02. The van der Waals surface area contributed by atoms with Gasteiger partial charge in [-0.2, -0.15) is 0 Å². The van der Waals surface area contributed by atoms with E-state index in [1.165, 1.54) is 6.33 Å². The van der Waals surface area contributed by atoms with Gasteiger partial charge in [0.05, 0.1) is 15.6 Å². The summed E-state index contributed by atoms with van der Waals surface area (Å²) in [4.78, 5) is 20.9. The van der Waals surface area contributed by atoms with Crippen LogP contribution in [-0.2, 0) is 0 Å². The summed E-state index contributed by atoms with van der Waals surface area (Å²) in [6.45, 7) is 2.72. The molecule has 0 amide bonds. The van der Waals surface area contributed by atoms with Gasteiger partial charge in [0.1, 0.15) is 6.33 Å². The van der Waals surface area contributed by atoms with E-state index in [9.17, 15) is 10.1 Å². The van der Waals surface area contributed by atoms with Crippen LogP contribution in [0.25, 0.3) is 0 Å². The molecule has 0 spiro atoms. The van der Waals surface area contributed by atoms with E-state index in [0.29, 0.717) is 22.3 Å². The normalized spacial score (nSPS) is 10.5.